The molecule has 1 nitrogen and oxygen atoms in total. The molecule has 1 aromatic rings. The number of fused-ring (bicyclic) bond motifs is 1. The quantitative estimate of drug-likeness (QED) is 0.595. The summed E-state index contributed by atoms with van der Waals surface area (Å²) < 4.78 is 0. The second kappa shape index (κ2) is 2.35. The molecule has 1 aliphatic carbocycles. The molecule has 11 heavy (non-hydrogen) atoms. The predicted molar refractivity (Wildman–Crippen MR) is 46.2 cm³/mol. The number of rotatable bonds is 0. The summed E-state index contributed by atoms with van der Waals surface area (Å²) >= 11 is 0. The van der Waals surface area contributed by atoms with E-state index < -0.39 is 0 Å². The standard InChI is InChI=1S/C10H13N/c1-7-6-8-4-2-3-5-9(8)10(7)11/h2-5,7,10H,6,11H2,1H3/t7-,10-/m1/s1. The van der Waals surface area contributed by atoms with Crippen molar-refractivity contribution in [3.8, 4) is 0 Å². The Labute approximate surface area is 67.2 Å². The molecule has 0 unspecified atom stereocenters. The molecule has 0 fully saturated rings. The van der Waals surface area contributed by atoms with Crippen LogP contribution in [0.25, 0.3) is 0 Å². The Kier molecular flexibility index (Phi) is 1.46. The van der Waals surface area contributed by atoms with Crippen LogP contribution in [0.2, 0.25) is 0 Å². The molecule has 0 heterocycles. The van der Waals surface area contributed by atoms with Gasteiger partial charge in [-0.1, -0.05) is 31.2 Å². The lowest BCUT2D eigenvalue weighted by Crippen LogP contribution is -2.13. The van der Waals surface area contributed by atoms with Crippen LogP contribution in [0, 0.1) is 5.92 Å². The van der Waals surface area contributed by atoms with E-state index in [1.807, 2.05) is 0 Å². The van der Waals surface area contributed by atoms with E-state index in [1.165, 1.54) is 11.1 Å². The van der Waals surface area contributed by atoms with Crippen molar-refractivity contribution in [2.24, 2.45) is 11.7 Å². The lowest BCUT2D eigenvalue weighted by Gasteiger charge is -2.08. The average molecular weight is 147 g/mol. The highest BCUT2D eigenvalue weighted by Crippen LogP contribution is 2.33. The van der Waals surface area contributed by atoms with Gasteiger partial charge in [0.15, 0.2) is 0 Å². The van der Waals surface area contributed by atoms with Crippen LogP contribution >= 0.6 is 0 Å². The van der Waals surface area contributed by atoms with Crippen LogP contribution in [0.15, 0.2) is 24.3 Å². The van der Waals surface area contributed by atoms with Crippen LogP contribution in [0.3, 0.4) is 0 Å². The molecule has 0 spiro atoms. The summed E-state index contributed by atoms with van der Waals surface area (Å²) in [7, 11) is 0. The Bertz CT molecular complexity index is 267. The third-order valence-corrected chi connectivity index (χ3v) is 2.57. The fourth-order valence-electron chi connectivity index (χ4n) is 1.83. The SMILES string of the molecule is C[C@@H]1Cc2ccccc2[C@@H]1N. The molecule has 2 N–H and O–H groups in total. The lowest BCUT2D eigenvalue weighted by molar-refractivity contribution is 0.513. The van der Waals surface area contributed by atoms with Gasteiger partial charge in [0.25, 0.3) is 0 Å². The number of nitrogens with two attached hydrogens (primary N) is 1. The Morgan fingerprint density at radius 3 is 2.82 bits per heavy atom. The molecule has 0 amide bonds. The van der Waals surface area contributed by atoms with Crippen molar-refractivity contribution in [3.05, 3.63) is 35.4 Å². The molecule has 2 rings (SSSR count). The van der Waals surface area contributed by atoms with Gasteiger partial charge >= 0.3 is 0 Å². The fourth-order valence-corrected chi connectivity index (χ4v) is 1.83. The summed E-state index contributed by atoms with van der Waals surface area (Å²) in [5, 5.41) is 0. The molecule has 0 saturated heterocycles. The first-order valence-corrected chi connectivity index (χ1v) is 4.12. The summed E-state index contributed by atoms with van der Waals surface area (Å²) in [5.74, 6) is 0.618. The molecule has 0 aromatic heterocycles. The summed E-state index contributed by atoms with van der Waals surface area (Å²) in [6.45, 7) is 2.21. The largest absolute Gasteiger partial charge is 0.324 e. The molecule has 1 aromatic carbocycles. The van der Waals surface area contributed by atoms with Crippen molar-refractivity contribution in [1.82, 2.24) is 0 Å². The first-order valence-electron chi connectivity index (χ1n) is 4.12. The zero-order valence-electron chi connectivity index (χ0n) is 6.75. The topological polar surface area (TPSA) is 26.0 Å². The molecule has 1 heteroatoms. The fraction of sp³-hybridized carbons (Fsp3) is 0.400. The summed E-state index contributed by atoms with van der Waals surface area (Å²) in [6.07, 6.45) is 1.15. The van der Waals surface area contributed by atoms with Crippen LogP contribution in [0.4, 0.5) is 0 Å². The summed E-state index contributed by atoms with van der Waals surface area (Å²) in [4.78, 5) is 0. The van der Waals surface area contributed by atoms with Crippen molar-refractivity contribution in [1.29, 1.82) is 0 Å². The van der Waals surface area contributed by atoms with E-state index in [0.717, 1.165) is 6.42 Å². The van der Waals surface area contributed by atoms with Gasteiger partial charge in [0.2, 0.25) is 0 Å². The Morgan fingerprint density at radius 1 is 1.36 bits per heavy atom. The van der Waals surface area contributed by atoms with E-state index in [4.69, 9.17) is 5.73 Å². The highest BCUT2D eigenvalue weighted by Gasteiger charge is 2.24. The highest BCUT2D eigenvalue weighted by atomic mass is 14.7. The van der Waals surface area contributed by atoms with Crippen molar-refractivity contribution in [2.45, 2.75) is 19.4 Å². The van der Waals surface area contributed by atoms with E-state index in [1.54, 1.807) is 0 Å². The number of benzene rings is 1. The van der Waals surface area contributed by atoms with E-state index in [0.29, 0.717) is 5.92 Å². The lowest BCUT2D eigenvalue weighted by atomic mass is 10.0. The van der Waals surface area contributed by atoms with Gasteiger partial charge in [0.1, 0.15) is 0 Å². The normalized spacial score (nSPS) is 28.5. The molecule has 0 radical (unpaired) electrons. The molecular formula is C10H13N. The average Bonchev–Trinajstić information content (AvgIpc) is 2.30. The molecule has 2 atom stereocenters. The molecule has 0 saturated carbocycles. The van der Waals surface area contributed by atoms with Crippen LogP contribution in [-0.2, 0) is 6.42 Å². The molecule has 0 aliphatic heterocycles. The van der Waals surface area contributed by atoms with Gasteiger partial charge in [-0.25, -0.2) is 0 Å². The van der Waals surface area contributed by atoms with Gasteiger partial charge in [-0.05, 0) is 23.5 Å². The Hall–Kier alpha value is -0.820. The smallest absolute Gasteiger partial charge is 0.0326 e. The number of hydrogen-bond donors (Lipinski definition) is 1. The Balaban J connectivity index is 2.47. The van der Waals surface area contributed by atoms with Gasteiger partial charge in [-0.3, -0.25) is 0 Å². The molecule has 58 valence electrons. The number of hydrogen-bond acceptors (Lipinski definition) is 1. The van der Waals surface area contributed by atoms with Crippen LogP contribution in [-0.4, -0.2) is 0 Å². The molecule has 0 bridgehead atoms. The van der Waals surface area contributed by atoms with Crippen molar-refractivity contribution >= 4 is 0 Å². The minimum atomic E-state index is 0.270. The van der Waals surface area contributed by atoms with Crippen molar-refractivity contribution in [3.63, 3.8) is 0 Å². The van der Waals surface area contributed by atoms with Gasteiger partial charge in [0.05, 0.1) is 0 Å². The Morgan fingerprint density at radius 2 is 2.09 bits per heavy atom. The predicted octanol–water partition coefficient (Wildman–Crippen LogP) is 1.88. The maximum atomic E-state index is 5.99. The third-order valence-electron chi connectivity index (χ3n) is 2.57. The zero-order chi connectivity index (χ0) is 7.84. The van der Waals surface area contributed by atoms with Gasteiger partial charge in [-0.15, -0.1) is 0 Å². The second-order valence-electron chi connectivity index (χ2n) is 3.41. The monoisotopic (exact) mass is 147 g/mol. The van der Waals surface area contributed by atoms with Crippen LogP contribution < -0.4 is 5.73 Å². The minimum Gasteiger partial charge on any atom is -0.324 e. The maximum absolute atomic E-state index is 5.99. The van der Waals surface area contributed by atoms with Crippen LogP contribution in [0.5, 0.6) is 0 Å². The van der Waals surface area contributed by atoms with Gasteiger partial charge < -0.3 is 5.73 Å². The van der Waals surface area contributed by atoms with E-state index in [2.05, 4.69) is 31.2 Å². The van der Waals surface area contributed by atoms with Crippen LogP contribution in [0.1, 0.15) is 24.1 Å². The molecular weight excluding hydrogens is 134 g/mol. The van der Waals surface area contributed by atoms with E-state index in [9.17, 15) is 0 Å². The zero-order valence-corrected chi connectivity index (χ0v) is 6.75. The van der Waals surface area contributed by atoms with Gasteiger partial charge in [-0.2, -0.15) is 0 Å². The van der Waals surface area contributed by atoms with E-state index >= 15 is 0 Å². The van der Waals surface area contributed by atoms with Crippen molar-refractivity contribution in [2.75, 3.05) is 0 Å². The van der Waals surface area contributed by atoms with Crippen molar-refractivity contribution < 1.29 is 0 Å². The van der Waals surface area contributed by atoms with E-state index in [-0.39, 0.29) is 6.04 Å². The summed E-state index contributed by atoms with van der Waals surface area (Å²) in [6, 6.07) is 8.74. The first-order chi connectivity index (χ1) is 5.29. The molecule has 1 aliphatic rings. The maximum Gasteiger partial charge on any atom is 0.0326 e. The third kappa shape index (κ3) is 0.962. The summed E-state index contributed by atoms with van der Waals surface area (Å²) in [5.41, 5.74) is 8.77. The first kappa shape index (κ1) is 6.86. The second-order valence-corrected chi connectivity index (χ2v) is 3.41. The van der Waals surface area contributed by atoms with Gasteiger partial charge in [0, 0.05) is 6.04 Å². The highest BCUT2D eigenvalue weighted by molar-refractivity contribution is 5.34. The minimum absolute atomic E-state index is 0.270.